The highest BCUT2D eigenvalue weighted by molar-refractivity contribution is 5.76. The molecule has 2 nitrogen and oxygen atoms in total. The quantitative estimate of drug-likeness (QED) is 0.674. The Balaban J connectivity index is 2.33. The van der Waals surface area contributed by atoms with Gasteiger partial charge in [-0.3, -0.25) is 4.79 Å². The largest absolute Gasteiger partial charge is 0.353 e. The van der Waals surface area contributed by atoms with E-state index in [9.17, 15) is 4.79 Å². The smallest absolute Gasteiger partial charge is 0.220 e. The van der Waals surface area contributed by atoms with Crippen molar-refractivity contribution in [1.29, 1.82) is 0 Å². The first-order chi connectivity index (χ1) is 5.83. The van der Waals surface area contributed by atoms with Gasteiger partial charge >= 0.3 is 0 Å². The Morgan fingerprint density at radius 2 is 2.25 bits per heavy atom. The van der Waals surface area contributed by atoms with Gasteiger partial charge in [-0.1, -0.05) is 26.2 Å². The zero-order valence-corrected chi connectivity index (χ0v) is 7.94. The zero-order valence-electron chi connectivity index (χ0n) is 7.94. The minimum Gasteiger partial charge on any atom is -0.353 e. The van der Waals surface area contributed by atoms with Crippen molar-refractivity contribution in [3.63, 3.8) is 0 Å². The Morgan fingerprint density at radius 3 is 3.00 bits per heavy atom. The molecule has 1 aliphatic heterocycles. The molecule has 0 radical (unpaired) electrons. The van der Waals surface area contributed by atoms with Crippen LogP contribution in [0, 0.1) is 0 Å². The van der Waals surface area contributed by atoms with Gasteiger partial charge in [0, 0.05) is 12.5 Å². The Labute approximate surface area is 74.7 Å². The molecule has 1 amide bonds. The van der Waals surface area contributed by atoms with Crippen LogP contribution in [0.2, 0.25) is 0 Å². The average Bonchev–Trinajstić information content (AvgIpc) is 2.00. The molecular formula is C10H19NO. The molecular weight excluding hydrogens is 150 g/mol. The maximum absolute atomic E-state index is 11.2. The fourth-order valence-corrected chi connectivity index (χ4v) is 1.79. The van der Waals surface area contributed by atoms with E-state index in [1.165, 1.54) is 25.7 Å². The molecule has 1 unspecified atom stereocenters. The third-order valence-corrected chi connectivity index (χ3v) is 2.46. The molecule has 12 heavy (non-hydrogen) atoms. The van der Waals surface area contributed by atoms with Crippen LogP contribution >= 0.6 is 0 Å². The number of carbonyl (C=O) groups is 1. The summed E-state index contributed by atoms with van der Waals surface area (Å²) < 4.78 is 0. The van der Waals surface area contributed by atoms with Crippen LogP contribution in [0.1, 0.15) is 51.9 Å². The van der Waals surface area contributed by atoms with Crippen LogP contribution in [0.3, 0.4) is 0 Å². The molecule has 0 aromatic heterocycles. The Hall–Kier alpha value is -0.530. The van der Waals surface area contributed by atoms with E-state index in [-0.39, 0.29) is 5.91 Å². The predicted molar refractivity (Wildman–Crippen MR) is 49.9 cm³/mol. The Kier molecular flexibility index (Phi) is 4.12. The number of amides is 1. The molecule has 0 aliphatic carbocycles. The molecule has 1 aliphatic rings. The van der Waals surface area contributed by atoms with Gasteiger partial charge in [-0.15, -0.1) is 0 Å². The highest BCUT2D eigenvalue weighted by Gasteiger charge is 2.13. The lowest BCUT2D eigenvalue weighted by atomic mass is 10.0. The molecule has 0 aromatic rings. The summed E-state index contributed by atoms with van der Waals surface area (Å²) in [7, 11) is 0. The molecule has 1 saturated heterocycles. The van der Waals surface area contributed by atoms with Crippen LogP contribution in [0.25, 0.3) is 0 Å². The first kappa shape index (κ1) is 9.56. The highest BCUT2D eigenvalue weighted by Crippen LogP contribution is 2.13. The molecule has 1 rings (SSSR count). The molecule has 0 aromatic carbocycles. The van der Waals surface area contributed by atoms with Gasteiger partial charge in [-0.2, -0.15) is 0 Å². The molecule has 0 bridgehead atoms. The zero-order chi connectivity index (χ0) is 8.81. The van der Waals surface area contributed by atoms with Gasteiger partial charge in [0.1, 0.15) is 0 Å². The Bertz CT molecular complexity index is 145. The number of hydrogen-bond donors (Lipinski definition) is 1. The van der Waals surface area contributed by atoms with E-state index in [1.807, 2.05) is 0 Å². The summed E-state index contributed by atoms with van der Waals surface area (Å²) >= 11 is 0. The number of hydrogen-bond acceptors (Lipinski definition) is 1. The third kappa shape index (κ3) is 3.24. The minimum atomic E-state index is 0.258. The second kappa shape index (κ2) is 5.18. The lowest BCUT2D eigenvalue weighted by molar-refractivity contribution is -0.122. The van der Waals surface area contributed by atoms with Gasteiger partial charge in [0.2, 0.25) is 5.91 Å². The van der Waals surface area contributed by atoms with Crippen molar-refractivity contribution < 1.29 is 4.79 Å². The maximum atomic E-state index is 11.2. The van der Waals surface area contributed by atoms with E-state index in [1.54, 1.807) is 0 Å². The van der Waals surface area contributed by atoms with Gasteiger partial charge in [0.25, 0.3) is 0 Å². The minimum absolute atomic E-state index is 0.258. The van der Waals surface area contributed by atoms with Crippen molar-refractivity contribution in [2.45, 2.75) is 57.9 Å². The molecule has 70 valence electrons. The first-order valence-electron chi connectivity index (χ1n) is 5.12. The highest BCUT2D eigenvalue weighted by atomic mass is 16.1. The first-order valence-corrected chi connectivity index (χ1v) is 5.12. The van der Waals surface area contributed by atoms with E-state index < -0.39 is 0 Å². The second-order valence-corrected chi connectivity index (χ2v) is 3.65. The summed E-state index contributed by atoms with van der Waals surface area (Å²) in [4.78, 5) is 11.2. The number of nitrogens with one attached hydrogen (secondary N) is 1. The molecule has 1 atom stereocenters. The second-order valence-electron chi connectivity index (χ2n) is 3.65. The van der Waals surface area contributed by atoms with Crippen molar-refractivity contribution in [2.75, 3.05) is 0 Å². The van der Waals surface area contributed by atoms with Crippen molar-refractivity contribution in [1.82, 2.24) is 5.32 Å². The molecule has 0 saturated carbocycles. The van der Waals surface area contributed by atoms with Crippen LogP contribution in [-0.4, -0.2) is 11.9 Å². The molecule has 1 N–H and O–H groups in total. The summed E-state index contributed by atoms with van der Waals surface area (Å²) in [6, 6.07) is 0.461. The Morgan fingerprint density at radius 1 is 1.42 bits per heavy atom. The predicted octanol–water partition coefficient (Wildman–Crippen LogP) is 2.24. The summed E-state index contributed by atoms with van der Waals surface area (Å²) in [6.45, 7) is 2.17. The molecule has 1 fully saturated rings. The lowest BCUT2D eigenvalue weighted by Gasteiger charge is -2.20. The maximum Gasteiger partial charge on any atom is 0.220 e. The fourth-order valence-electron chi connectivity index (χ4n) is 1.79. The number of rotatable bonds is 2. The number of carbonyl (C=O) groups excluding carboxylic acids is 1. The van der Waals surface area contributed by atoms with Gasteiger partial charge in [-0.25, -0.2) is 0 Å². The molecule has 0 spiro atoms. The monoisotopic (exact) mass is 169 g/mol. The standard InChI is InChI=1S/C10H19NO/c1-2-6-9-7-4-3-5-8-10(12)11-9/h9H,2-8H2,1H3,(H,11,12). The fraction of sp³-hybridized carbons (Fsp3) is 0.900. The SMILES string of the molecule is CCCC1CCCCCC(=O)N1. The van der Waals surface area contributed by atoms with Gasteiger partial charge in [0.15, 0.2) is 0 Å². The van der Waals surface area contributed by atoms with E-state index in [0.29, 0.717) is 6.04 Å². The third-order valence-electron chi connectivity index (χ3n) is 2.46. The van der Waals surface area contributed by atoms with Crippen LogP contribution in [0.15, 0.2) is 0 Å². The van der Waals surface area contributed by atoms with E-state index in [0.717, 1.165) is 19.3 Å². The lowest BCUT2D eigenvalue weighted by Crippen LogP contribution is -2.35. The van der Waals surface area contributed by atoms with E-state index in [4.69, 9.17) is 0 Å². The van der Waals surface area contributed by atoms with Crippen LogP contribution in [0.4, 0.5) is 0 Å². The van der Waals surface area contributed by atoms with E-state index in [2.05, 4.69) is 12.2 Å². The normalized spacial score (nSPS) is 25.8. The van der Waals surface area contributed by atoms with Crippen molar-refractivity contribution >= 4 is 5.91 Å². The van der Waals surface area contributed by atoms with Gasteiger partial charge in [-0.05, 0) is 19.3 Å². The molecule has 2 heteroatoms. The van der Waals surface area contributed by atoms with Gasteiger partial charge in [0.05, 0.1) is 0 Å². The van der Waals surface area contributed by atoms with Crippen molar-refractivity contribution in [3.05, 3.63) is 0 Å². The van der Waals surface area contributed by atoms with Crippen LogP contribution in [0.5, 0.6) is 0 Å². The summed E-state index contributed by atoms with van der Waals surface area (Å²) in [5, 5.41) is 3.08. The van der Waals surface area contributed by atoms with Crippen LogP contribution < -0.4 is 5.32 Å². The topological polar surface area (TPSA) is 29.1 Å². The van der Waals surface area contributed by atoms with Crippen LogP contribution in [-0.2, 0) is 4.79 Å². The summed E-state index contributed by atoms with van der Waals surface area (Å²) in [6.07, 6.45) is 7.82. The van der Waals surface area contributed by atoms with Gasteiger partial charge < -0.3 is 5.32 Å². The summed E-state index contributed by atoms with van der Waals surface area (Å²) in [5.74, 6) is 0.258. The summed E-state index contributed by atoms with van der Waals surface area (Å²) in [5.41, 5.74) is 0. The van der Waals surface area contributed by atoms with E-state index >= 15 is 0 Å². The van der Waals surface area contributed by atoms with Crippen molar-refractivity contribution in [3.8, 4) is 0 Å². The van der Waals surface area contributed by atoms with Crippen molar-refractivity contribution in [2.24, 2.45) is 0 Å². The molecule has 1 heterocycles. The average molecular weight is 169 g/mol.